The van der Waals surface area contributed by atoms with Crippen LogP contribution < -0.4 is 5.32 Å². The summed E-state index contributed by atoms with van der Waals surface area (Å²) in [6.45, 7) is 4.55. The first-order valence-electron chi connectivity index (χ1n) is 11.6. The van der Waals surface area contributed by atoms with E-state index < -0.39 is 17.2 Å². The lowest BCUT2D eigenvalue weighted by atomic mass is 9.79. The number of alkyl halides is 3. The minimum absolute atomic E-state index is 0.133. The Morgan fingerprint density at radius 2 is 1.97 bits per heavy atom. The van der Waals surface area contributed by atoms with Gasteiger partial charge in [0.2, 0.25) is 5.91 Å². The molecule has 172 valence electrons. The summed E-state index contributed by atoms with van der Waals surface area (Å²) in [6.07, 6.45) is 2.69. The molecule has 7 heteroatoms. The van der Waals surface area contributed by atoms with Crippen molar-refractivity contribution in [3.8, 4) is 0 Å². The molecule has 2 fully saturated rings. The van der Waals surface area contributed by atoms with Gasteiger partial charge in [0.1, 0.15) is 0 Å². The summed E-state index contributed by atoms with van der Waals surface area (Å²) in [4.78, 5) is 15.5. The second-order valence-corrected chi connectivity index (χ2v) is 9.48. The van der Waals surface area contributed by atoms with Crippen molar-refractivity contribution in [2.75, 3.05) is 19.8 Å². The van der Waals surface area contributed by atoms with Crippen molar-refractivity contribution in [2.45, 2.75) is 83.1 Å². The van der Waals surface area contributed by atoms with E-state index >= 15 is 0 Å². The van der Waals surface area contributed by atoms with Crippen LogP contribution >= 0.6 is 0 Å². The van der Waals surface area contributed by atoms with E-state index in [4.69, 9.17) is 4.74 Å². The Morgan fingerprint density at radius 3 is 2.68 bits per heavy atom. The number of carbonyl (C=O) groups is 1. The summed E-state index contributed by atoms with van der Waals surface area (Å²) in [5, 5.41) is 3.75. The number of carbonyl (C=O) groups excluding carboxylic acids is 1. The fourth-order valence-electron chi connectivity index (χ4n) is 5.72. The Hall–Kier alpha value is -1.60. The van der Waals surface area contributed by atoms with E-state index in [2.05, 4.69) is 12.2 Å². The topological polar surface area (TPSA) is 41.6 Å². The van der Waals surface area contributed by atoms with E-state index in [-0.39, 0.29) is 12.5 Å². The Labute approximate surface area is 182 Å². The van der Waals surface area contributed by atoms with Crippen LogP contribution in [-0.2, 0) is 28.7 Å². The summed E-state index contributed by atoms with van der Waals surface area (Å²) in [6, 6.07) is 4.73. The number of benzene rings is 1. The second kappa shape index (κ2) is 9.10. The minimum Gasteiger partial charge on any atom is -0.381 e. The number of hydrogen-bond donors (Lipinski definition) is 1. The molecule has 0 unspecified atom stereocenters. The predicted molar refractivity (Wildman–Crippen MR) is 113 cm³/mol. The third kappa shape index (κ3) is 4.92. The molecule has 4 nitrogen and oxygen atoms in total. The van der Waals surface area contributed by atoms with Crippen LogP contribution in [0.4, 0.5) is 13.2 Å². The highest BCUT2D eigenvalue weighted by Crippen LogP contribution is 2.45. The number of halogens is 3. The lowest BCUT2D eigenvalue weighted by Crippen LogP contribution is -2.46. The number of ether oxygens (including phenoxy) is 1. The van der Waals surface area contributed by atoms with Gasteiger partial charge in [-0.2, -0.15) is 13.2 Å². The molecule has 1 aromatic carbocycles. The van der Waals surface area contributed by atoms with Crippen LogP contribution in [0.15, 0.2) is 18.2 Å². The van der Waals surface area contributed by atoms with Gasteiger partial charge in [0.25, 0.3) is 0 Å². The molecule has 0 radical (unpaired) electrons. The van der Waals surface area contributed by atoms with Gasteiger partial charge in [-0.05, 0) is 68.2 Å². The molecule has 0 bridgehead atoms. The fourth-order valence-corrected chi connectivity index (χ4v) is 5.72. The third-order valence-electron chi connectivity index (χ3n) is 7.32. The van der Waals surface area contributed by atoms with Crippen molar-refractivity contribution >= 4 is 5.91 Å². The maximum absolute atomic E-state index is 13.7. The molecule has 1 aromatic rings. The zero-order chi connectivity index (χ0) is 22.1. The van der Waals surface area contributed by atoms with E-state index in [1.54, 1.807) is 6.07 Å². The van der Waals surface area contributed by atoms with Crippen LogP contribution in [0.2, 0.25) is 0 Å². The SMILES string of the molecule is CCC[C@]1(C(=O)N2CCc3ccc(C(F)(F)F)cc3C2)CC[C@@H](NC2CCOCC2)C1. The van der Waals surface area contributed by atoms with Gasteiger partial charge in [0, 0.05) is 38.4 Å². The molecule has 2 atom stereocenters. The number of fused-ring (bicyclic) bond motifs is 1. The maximum atomic E-state index is 13.7. The summed E-state index contributed by atoms with van der Waals surface area (Å²) in [5.74, 6) is 0.133. The van der Waals surface area contributed by atoms with Gasteiger partial charge < -0.3 is 15.0 Å². The summed E-state index contributed by atoms with van der Waals surface area (Å²) in [5.41, 5.74) is 0.532. The monoisotopic (exact) mass is 438 g/mol. The molecule has 1 saturated heterocycles. The van der Waals surface area contributed by atoms with Gasteiger partial charge in [0.05, 0.1) is 11.0 Å². The van der Waals surface area contributed by atoms with E-state index in [1.807, 2.05) is 4.90 Å². The average Bonchev–Trinajstić information content (AvgIpc) is 3.16. The molecule has 2 heterocycles. The van der Waals surface area contributed by atoms with Crippen molar-refractivity contribution in [1.29, 1.82) is 0 Å². The number of nitrogens with one attached hydrogen (secondary N) is 1. The minimum atomic E-state index is -4.36. The highest BCUT2D eigenvalue weighted by Gasteiger charge is 2.47. The first kappa shape index (κ1) is 22.6. The van der Waals surface area contributed by atoms with Gasteiger partial charge in [-0.25, -0.2) is 0 Å². The van der Waals surface area contributed by atoms with Crippen molar-refractivity contribution in [2.24, 2.45) is 5.41 Å². The molecule has 2 aliphatic heterocycles. The van der Waals surface area contributed by atoms with E-state index in [0.29, 0.717) is 30.6 Å². The highest BCUT2D eigenvalue weighted by atomic mass is 19.4. The quantitative estimate of drug-likeness (QED) is 0.725. The predicted octanol–water partition coefficient (Wildman–Crippen LogP) is 4.70. The first-order chi connectivity index (χ1) is 14.8. The number of nitrogens with zero attached hydrogens (tertiary/aromatic N) is 1. The molecule has 1 aliphatic carbocycles. The molecule has 4 rings (SSSR count). The normalized spacial score (nSPS) is 27.4. The van der Waals surface area contributed by atoms with Crippen LogP contribution in [-0.4, -0.2) is 42.6 Å². The molecule has 1 amide bonds. The summed E-state index contributed by atoms with van der Waals surface area (Å²) >= 11 is 0. The zero-order valence-corrected chi connectivity index (χ0v) is 18.3. The molecule has 1 saturated carbocycles. The molecule has 3 aliphatic rings. The van der Waals surface area contributed by atoms with Crippen molar-refractivity contribution in [1.82, 2.24) is 10.2 Å². The van der Waals surface area contributed by atoms with Gasteiger partial charge in [-0.3, -0.25) is 4.79 Å². The Kier molecular flexibility index (Phi) is 6.63. The standard InChI is InChI=1S/C24H33F3N2O2/c1-2-9-23(10-5-21(15-23)28-20-7-12-31-13-8-20)22(30)29-11-6-17-3-4-19(24(25,26)27)14-18(17)16-29/h3-4,14,20-21,28H,2,5-13,15-16H2,1H3/t21-,23+/m1/s1. The molecular weight excluding hydrogens is 405 g/mol. The highest BCUT2D eigenvalue weighted by molar-refractivity contribution is 5.83. The largest absolute Gasteiger partial charge is 0.416 e. The molecular formula is C24H33F3N2O2. The number of amides is 1. The smallest absolute Gasteiger partial charge is 0.381 e. The van der Waals surface area contributed by atoms with Gasteiger partial charge in [0.15, 0.2) is 0 Å². The Morgan fingerprint density at radius 1 is 1.19 bits per heavy atom. The number of hydrogen-bond acceptors (Lipinski definition) is 3. The summed E-state index contributed by atoms with van der Waals surface area (Å²) in [7, 11) is 0. The van der Waals surface area contributed by atoms with E-state index in [9.17, 15) is 18.0 Å². The van der Waals surface area contributed by atoms with Crippen molar-refractivity contribution in [3.05, 3.63) is 34.9 Å². The summed E-state index contributed by atoms with van der Waals surface area (Å²) < 4.78 is 44.9. The maximum Gasteiger partial charge on any atom is 0.416 e. The van der Waals surface area contributed by atoms with Gasteiger partial charge in [-0.15, -0.1) is 0 Å². The average molecular weight is 439 g/mol. The molecule has 1 N–H and O–H groups in total. The van der Waals surface area contributed by atoms with Crippen LogP contribution in [0.1, 0.15) is 68.6 Å². The third-order valence-corrected chi connectivity index (χ3v) is 7.32. The van der Waals surface area contributed by atoms with E-state index in [1.165, 1.54) is 6.07 Å². The van der Waals surface area contributed by atoms with Crippen molar-refractivity contribution < 1.29 is 22.7 Å². The van der Waals surface area contributed by atoms with Crippen LogP contribution in [0, 0.1) is 5.41 Å². The van der Waals surface area contributed by atoms with E-state index in [0.717, 1.165) is 69.8 Å². The van der Waals surface area contributed by atoms with Crippen LogP contribution in [0.25, 0.3) is 0 Å². The second-order valence-electron chi connectivity index (χ2n) is 9.48. The van der Waals surface area contributed by atoms with Crippen molar-refractivity contribution in [3.63, 3.8) is 0 Å². The first-order valence-corrected chi connectivity index (χ1v) is 11.6. The zero-order valence-electron chi connectivity index (χ0n) is 18.3. The lowest BCUT2D eigenvalue weighted by molar-refractivity contribution is -0.143. The molecule has 31 heavy (non-hydrogen) atoms. The van der Waals surface area contributed by atoms with Crippen LogP contribution in [0.3, 0.4) is 0 Å². The Balaban J connectivity index is 1.46. The number of rotatable bonds is 5. The lowest BCUT2D eigenvalue weighted by Gasteiger charge is -2.38. The fraction of sp³-hybridized carbons (Fsp3) is 0.708. The molecule has 0 aromatic heterocycles. The van der Waals surface area contributed by atoms with Crippen LogP contribution in [0.5, 0.6) is 0 Å². The molecule has 0 spiro atoms. The van der Waals surface area contributed by atoms with Gasteiger partial charge in [-0.1, -0.05) is 19.4 Å². The Bertz CT molecular complexity index is 792. The van der Waals surface area contributed by atoms with Gasteiger partial charge >= 0.3 is 6.18 Å².